The summed E-state index contributed by atoms with van der Waals surface area (Å²) in [6.45, 7) is 0. The number of para-hydroxylation sites is 1. The molecule has 4 aromatic rings. The van der Waals surface area contributed by atoms with Gasteiger partial charge in [0.25, 0.3) is 5.69 Å². The number of fused-ring (bicyclic) bond motifs is 1. The number of hydrogen-bond acceptors (Lipinski definition) is 4. The van der Waals surface area contributed by atoms with E-state index in [0.29, 0.717) is 5.69 Å². The number of nitrogens with zero attached hydrogens (tertiary/aromatic N) is 3. The molecule has 0 aliphatic carbocycles. The number of nitro groups is 1. The molecule has 0 N–H and O–H groups in total. The average molecular weight is 343 g/mol. The normalized spacial score (nSPS) is 10.8. The number of hydrogen-bond donors (Lipinski definition) is 0. The highest BCUT2D eigenvalue weighted by Crippen LogP contribution is 2.27. The van der Waals surface area contributed by atoms with E-state index in [9.17, 15) is 14.9 Å². The monoisotopic (exact) mass is 343 g/mol. The third kappa shape index (κ3) is 2.53. The molecule has 0 saturated heterocycles. The van der Waals surface area contributed by atoms with E-state index < -0.39 is 10.7 Å². The van der Waals surface area contributed by atoms with Crippen molar-refractivity contribution < 1.29 is 9.72 Å². The van der Waals surface area contributed by atoms with E-state index in [0.717, 1.165) is 11.1 Å². The lowest BCUT2D eigenvalue weighted by Crippen LogP contribution is -2.09. The van der Waals surface area contributed by atoms with Gasteiger partial charge in [0.15, 0.2) is 5.82 Å². The minimum Gasteiger partial charge on any atom is -0.296 e. The fraction of sp³-hybridized carbons (Fsp3) is 0. The molecule has 0 bridgehead atoms. The van der Waals surface area contributed by atoms with Crippen LogP contribution >= 0.6 is 0 Å². The molecule has 2 aromatic carbocycles. The van der Waals surface area contributed by atoms with Gasteiger partial charge in [-0.15, -0.1) is 0 Å². The maximum Gasteiger partial charge on any atom is 0.280 e. The molecule has 0 aliphatic heterocycles. The van der Waals surface area contributed by atoms with Gasteiger partial charge in [-0.1, -0.05) is 48.5 Å². The predicted octanol–water partition coefficient (Wildman–Crippen LogP) is 4.14. The van der Waals surface area contributed by atoms with Crippen LogP contribution in [-0.2, 0) is 0 Å². The molecule has 0 unspecified atom stereocenters. The highest BCUT2D eigenvalue weighted by Gasteiger charge is 2.25. The maximum absolute atomic E-state index is 13.0. The Kier molecular flexibility index (Phi) is 3.78. The van der Waals surface area contributed by atoms with Crippen molar-refractivity contribution in [3.63, 3.8) is 0 Å². The molecule has 2 heterocycles. The van der Waals surface area contributed by atoms with Crippen molar-refractivity contribution in [2.45, 2.75) is 0 Å². The fourth-order valence-electron chi connectivity index (χ4n) is 2.95. The van der Waals surface area contributed by atoms with E-state index in [1.54, 1.807) is 22.7 Å². The molecular formula is C20H13N3O3. The van der Waals surface area contributed by atoms with E-state index in [-0.39, 0.29) is 17.1 Å². The van der Waals surface area contributed by atoms with Crippen LogP contribution in [-0.4, -0.2) is 20.1 Å². The van der Waals surface area contributed by atoms with Gasteiger partial charge in [-0.05, 0) is 18.2 Å². The standard InChI is InChI=1S/C20H13N3O3/c24-19(15-10-4-5-11-16(15)23(25)26)20-21-18(14-8-2-1-3-9-14)17-12-6-7-13-22(17)20/h1-13H. The molecule has 0 amide bonds. The SMILES string of the molecule is O=C(c1ccccc1[N+](=O)[O-])c1nc(-c2ccccc2)c2ccccn12. The number of nitro benzene ring substituents is 1. The Labute approximate surface area is 148 Å². The van der Waals surface area contributed by atoms with Gasteiger partial charge in [-0.3, -0.25) is 19.3 Å². The first-order valence-corrected chi connectivity index (χ1v) is 7.97. The van der Waals surface area contributed by atoms with Crippen LogP contribution in [0.3, 0.4) is 0 Å². The smallest absolute Gasteiger partial charge is 0.280 e. The van der Waals surface area contributed by atoms with E-state index in [2.05, 4.69) is 4.98 Å². The van der Waals surface area contributed by atoms with Gasteiger partial charge in [-0.2, -0.15) is 0 Å². The number of aromatic nitrogens is 2. The molecule has 0 fully saturated rings. The van der Waals surface area contributed by atoms with Gasteiger partial charge in [-0.25, -0.2) is 4.98 Å². The van der Waals surface area contributed by atoms with Crippen molar-refractivity contribution >= 4 is 17.0 Å². The van der Waals surface area contributed by atoms with Gasteiger partial charge < -0.3 is 0 Å². The van der Waals surface area contributed by atoms with Crippen LogP contribution < -0.4 is 0 Å². The molecule has 0 radical (unpaired) electrons. The summed E-state index contributed by atoms with van der Waals surface area (Å²) in [5, 5.41) is 11.3. The molecule has 26 heavy (non-hydrogen) atoms. The van der Waals surface area contributed by atoms with Gasteiger partial charge in [0.05, 0.1) is 16.1 Å². The number of carbonyl (C=O) groups is 1. The minimum atomic E-state index is -0.554. The molecule has 0 atom stereocenters. The Bertz CT molecular complexity index is 1130. The van der Waals surface area contributed by atoms with Crippen molar-refractivity contribution in [2.75, 3.05) is 0 Å². The molecule has 0 spiro atoms. The lowest BCUT2D eigenvalue weighted by Gasteiger charge is -2.02. The highest BCUT2D eigenvalue weighted by molar-refractivity contribution is 6.10. The number of ketones is 1. The molecule has 126 valence electrons. The lowest BCUT2D eigenvalue weighted by molar-refractivity contribution is -0.385. The summed E-state index contributed by atoms with van der Waals surface area (Å²) in [5.41, 5.74) is 2.09. The van der Waals surface area contributed by atoms with Crippen molar-refractivity contribution in [1.29, 1.82) is 0 Å². The summed E-state index contributed by atoms with van der Waals surface area (Å²) < 4.78 is 1.67. The summed E-state index contributed by atoms with van der Waals surface area (Å²) in [7, 11) is 0. The van der Waals surface area contributed by atoms with E-state index in [1.807, 2.05) is 42.5 Å². The average Bonchev–Trinajstić information content (AvgIpc) is 3.08. The quantitative estimate of drug-likeness (QED) is 0.317. The topological polar surface area (TPSA) is 77.5 Å². The maximum atomic E-state index is 13.0. The Morgan fingerprint density at radius 2 is 1.62 bits per heavy atom. The molecule has 0 saturated carbocycles. The minimum absolute atomic E-state index is 0.0212. The summed E-state index contributed by atoms with van der Waals surface area (Å²) in [6.07, 6.45) is 1.73. The molecule has 4 rings (SSSR count). The number of carbonyl (C=O) groups excluding carboxylic acids is 1. The number of benzene rings is 2. The zero-order valence-corrected chi connectivity index (χ0v) is 13.6. The number of imidazole rings is 1. The Morgan fingerprint density at radius 1 is 0.923 bits per heavy atom. The van der Waals surface area contributed by atoms with Crippen LogP contribution in [0.1, 0.15) is 16.2 Å². The Balaban J connectivity index is 1.94. The van der Waals surface area contributed by atoms with Gasteiger partial charge in [0.1, 0.15) is 5.56 Å². The zero-order chi connectivity index (χ0) is 18.1. The fourth-order valence-corrected chi connectivity index (χ4v) is 2.95. The summed E-state index contributed by atoms with van der Waals surface area (Å²) in [6, 6.07) is 21.0. The third-order valence-corrected chi connectivity index (χ3v) is 4.14. The zero-order valence-electron chi connectivity index (χ0n) is 13.6. The first-order chi connectivity index (χ1) is 12.7. The third-order valence-electron chi connectivity index (χ3n) is 4.14. The molecule has 6 heteroatoms. The largest absolute Gasteiger partial charge is 0.296 e. The number of pyridine rings is 1. The Hall–Kier alpha value is -3.80. The van der Waals surface area contributed by atoms with Crippen molar-refractivity contribution in [1.82, 2.24) is 9.38 Å². The van der Waals surface area contributed by atoms with Crippen molar-refractivity contribution in [3.8, 4) is 11.3 Å². The van der Waals surface area contributed by atoms with Crippen molar-refractivity contribution in [3.05, 3.63) is 100 Å². The summed E-state index contributed by atoms with van der Waals surface area (Å²) >= 11 is 0. The number of rotatable bonds is 4. The van der Waals surface area contributed by atoms with Crippen LogP contribution in [0.5, 0.6) is 0 Å². The molecular weight excluding hydrogens is 330 g/mol. The molecule has 0 aliphatic rings. The predicted molar refractivity (Wildman–Crippen MR) is 97.2 cm³/mol. The summed E-state index contributed by atoms with van der Waals surface area (Å²) in [4.78, 5) is 28.3. The van der Waals surface area contributed by atoms with Crippen molar-refractivity contribution in [2.24, 2.45) is 0 Å². The van der Waals surface area contributed by atoms with Gasteiger partial charge >= 0.3 is 0 Å². The van der Waals surface area contributed by atoms with E-state index in [1.165, 1.54) is 18.2 Å². The second-order valence-corrected chi connectivity index (χ2v) is 5.71. The van der Waals surface area contributed by atoms with Crippen LogP contribution in [0.2, 0.25) is 0 Å². The van der Waals surface area contributed by atoms with E-state index in [4.69, 9.17) is 0 Å². The second kappa shape index (κ2) is 6.25. The van der Waals surface area contributed by atoms with Gasteiger partial charge in [0, 0.05) is 17.8 Å². The second-order valence-electron chi connectivity index (χ2n) is 5.71. The van der Waals surface area contributed by atoms with Crippen LogP contribution in [0.25, 0.3) is 16.8 Å². The first kappa shape index (κ1) is 15.7. The lowest BCUT2D eigenvalue weighted by atomic mass is 10.1. The Morgan fingerprint density at radius 3 is 2.38 bits per heavy atom. The highest BCUT2D eigenvalue weighted by atomic mass is 16.6. The van der Waals surface area contributed by atoms with Crippen LogP contribution in [0.15, 0.2) is 79.0 Å². The van der Waals surface area contributed by atoms with Gasteiger partial charge in [0.2, 0.25) is 5.78 Å². The summed E-state index contributed by atoms with van der Waals surface area (Å²) in [5.74, 6) is -0.338. The molecule has 2 aromatic heterocycles. The van der Waals surface area contributed by atoms with Crippen LogP contribution in [0.4, 0.5) is 5.69 Å². The van der Waals surface area contributed by atoms with E-state index >= 15 is 0 Å². The first-order valence-electron chi connectivity index (χ1n) is 7.97. The van der Waals surface area contributed by atoms with Crippen LogP contribution in [0, 0.1) is 10.1 Å². The molecule has 6 nitrogen and oxygen atoms in total.